The zero-order valence-electron chi connectivity index (χ0n) is 25.4. The Bertz CT molecular complexity index is 905. The van der Waals surface area contributed by atoms with Gasteiger partial charge in [-0.1, -0.05) is 0 Å². The van der Waals surface area contributed by atoms with Gasteiger partial charge in [0.1, 0.15) is 0 Å². The predicted octanol–water partition coefficient (Wildman–Crippen LogP) is 8.79. The zero-order valence-corrected chi connectivity index (χ0v) is 34.9. The van der Waals surface area contributed by atoms with Crippen LogP contribution in [0.1, 0.15) is 12.8 Å². The maximum atomic E-state index is 6.32. The fourth-order valence-electron chi connectivity index (χ4n) is 5.47. The molecule has 2 aliphatic rings. The molecule has 0 saturated heterocycles. The van der Waals surface area contributed by atoms with Crippen LogP contribution in [-0.2, 0) is 26.3 Å². The Morgan fingerprint density at radius 3 is 1.25 bits per heavy atom. The van der Waals surface area contributed by atoms with Crippen molar-refractivity contribution in [3.63, 3.8) is 0 Å². The van der Waals surface area contributed by atoms with Crippen LogP contribution in [0.25, 0.3) is 0 Å². The third kappa shape index (κ3) is 9.81. The molecule has 36 heavy (non-hydrogen) atoms. The third-order valence-electron chi connectivity index (χ3n) is 7.78. The minimum atomic E-state index is -3.28. The molecule has 2 nitrogen and oxygen atoms in total. The van der Waals surface area contributed by atoms with E-state index in [1.54, 1.807) is 10.4 Å². The summed E-state index contributed by atoms with van der Waals surface area (Å²) in [6.45, 7) is 28.6. The first-order valence-electron chi connectivity index (χ1n) is 13.3. The van der Waals surface area contributed by atoms with Gasteiger partial charge in [0.25, 0.3) is 0 Å². The van der Waals surface area contributed by atoms with Crippen LogP contribution in [-0.4, -0.2) is 52.9 Å². The summed E-state index contributed by atoms with van der Waals surface area (Å²) >= 11 is -3.28. The molecule has 0 amide bonds. The van der Waals surface area contributed by atoms with Crippen LogP contribution in [0.2, 0.25) is 86.8 Å². The fourth-order valence-corrected chi connectivity index (χ4v) is 37.2. The Morgan fingerprint density at radius 1 is 0.667 bits per heavy atom. The van der Waals surface area contributed by atoms with Crippen molar-refractivity contribution >= 4 is 64.5 Å². The normalized spacial score (nSPS) is 17.6. The quantitative estimate of drug-likeness (QED) is 0.189. The van der Waals surface area contributed by atoms with Gasteiger partial charge in [-0.25, -0.2) is 0 Å². The number of hydrogen-bond acceptors (Lipinski definition) is 2. The Hall–Kier alpha value is 1.43. The molecule has 0 saturated carbocycles. The first-order chi connectivity index (χ1) is 15.1. The molecular weight excluding hydrogens is 647 g/mol. The average Bonchev–Trinajstić information content (AvgIpc) is 3.30. The molecule has 0 aromatic carbocycles. The van der Waals surface area contributed by atoms with Gasteiger partial charge in [-0.15, -0.1) is 24.8 Å². The van der Waals surface area contributed by atoms with Crippen molar-refractivity contribution in [2.45, 2.75) is 99.7 Å². The molecule has 0 heterocycles. The summed E-state index contributed by atoms with van der Waals surface area (Å²) in [5.74, 6) is 0. The van der Waals surface area contributed by atoms with Crippen molar-refractivity contribution in [2.24, 2.45) is 0 Å². The van der Waals surface area contributed by atoms with Crippen molar-refractivity contribution in [1.82, 2.24) is 0 Å². The van der Waals surface area contributed by atoms with E-state index in [0.29, 0.717) is 0 Å². The number of allylic oxidation sites excluding steroid dienone is 8. The summed E-state index contributed by atoms with van der Waals surface area (Å²) in [6.07, 6.45) is 12.4. The molecule has 0 fully saturated rings. The van der Waals surface area contributed by atoms with Crippen molar-refractivity contribution in [3.05, 3.63) is 41.3 Å². The minimum absolute atomic E-state index is 0. The van der Waals surface area contributed by atoms with Crippen LogP contribution in [0.5, 0.6) is 0 Å². The molecule has 0 aromatic heterocycles. The molecule has 10 heteroatoms. The van der Waals surface area contributed by atoms with Gasteiger partial charge in [0, 0.05) is 0 Å². The molecule has 0 radical (unpaired) electrons. The summed E-state index contributed by atoms with van der Waals surface area (Å²) in [4.78, 5) is 0. The van der Waals surface area contributed by atoms with Crippen molar-refractivity contribution in [2.75, 3.05) is 13.2 Å². The maximum absolute atomic E-state index is 6.32. The van der Waals surface area contributed by atoms with Gasteiger partial charge in [-0.05, 0) is 0 Å². The molecule has 0 N–H and O–H groups in total. The average molecular weight is 703 g/mol. The molecule has 2 aliphatic carbocycles. The van der Waals surface area contributed by atoms with Crippen LogP contribution in [0.3, 0.4) is 0 Å². The standard InChI is InChI=1S/2C12H23OSi2.2CH3.2ClH.H2Si.Zr/c2*1-14(2,3)13-10-11-15(4,5)12-8-6-7-9-12;;;;;;/h2*6,8H,7,10-11H2,1-5H3;2*1H3;2*1H;1H2;. The van der Waals surface area contributed by atoms with Crippen LogP contribution in [0.4, 0.5) is 0 Å². The van der Waals surface area contributed by atoms with Crippen LogP contribution in [0, 0.1) is 0 Å². The van der Waals surface area contributed by atoms with Crippen molar-refractivity contribution < 1.29 is 26.3 Å². The van der Waals surface area contributed by atoms with E-state index in [0.717, 1.165) is 13.2 Å². The van der Waals surface area contributed by atoms with Gasteiger partial charge in [0.15, 0.2) is 0 Å². The van der Waals surface area contributed by atoms with E-state index in [4.69, 9.17) is 8.85 Å². The van der Waals surface area contributed by atoms with Gasteiger partial charge >= 0.3 is 220 Å². The van der Waals surface area contributed by atoms with E-state index in [-0.39, 0.29) is 24.8 Å². The second-order valence-corrected chi connectivity index (χ2v) is 62.2. The van der Waals surface area contributed by atoms with E-state index in [1.807, 2.05) is 6.56 Å². The molecule has 0 spiro atoms. The third-order valence-corrected chi connectivity index (χ3v) is 34.8. The first kappa shape index (κ1) is 37.4. The smallest absolute Gasteiger partial charge is 0.147 e. The Balaban J connectivity index is 0.00000612. The molecule has 0 aromatic rings. The molecule has 2 rings (SSSR count). The zero-order chi connectivity index (χ0) is 26.2. The van der Waals surface area contributed by atoms with Gasteiger partial charge < -0.3 is 0 Å². The van der Waals surface area contributed by atoms with E-state index >= 15 is 0 Å². The second-order valence-electron chi connectivity index (χ2n) is 14.9. The van der Waals surface area contributed by atoms with E-state index in [9.17, 15) is 0 Å². The largest absolute Gasteiger partial charge is 0.147 e. The minimum Gasteiger partial charge on any atom is -0.147 e. The van der Waals surface area contributed by atoms with Gasteiger partial charge in [-0.3, -0.25) is 0 Å². The SMILES string of the molecule is C[Si](C)(C)OCC[Si](C)(C)C1=[C]([Zr]([CH3])([CH3])(=[SiH2])[C]2=C([Si](C)(C)CCO[Si](C)(C)C)C=CC2)CC=C1.Cl.Cl. The van der Waals surface area contributed by atoms with Crippen molar-refractivity contribution in [3.8, 4) is 0 Å². The number of hydrogen-bond donors (Lipinski definition) is 0. The van der Waals surface area contributed by atoms with Gasteiger partial charge in [0.2, 0.25) is 0 Å². The summed E-state index contributed by atoms with van der Waals surface area (Å²) in [5, 5.41) is 3.55. The summed E-state index contributed by atoms with van der Waals surface area (Å²) in [7, 11) is -6.01. The van der Waals surface area contributed by atoms with Gasteiger partial charge in [0.05, 0.1) is 0 Å². The fraction of sp³-hybridized carbons (Fsp3) is 0.692. The van der Waals surface area contributed by atoms with Crippen LogP contribution < -0.4 is 0 Å². The number of halogens is 2. The molecule has 0 unspecified atom stereocenters. The molecule has 0 aliphatic heterocycles. The summed E-state index contributed by atoms with van der Waals surface area (Å²) < 4.78 is 21.9. The molecule has 210 valence electrons. The van der Waals surface area contributed by atoms with Gasteiger partial charge in [-0.2, -0.15) is 0 Å². The maximum Gasteiger partial charge on any atom is -0.147 e. The second kappa shape index (κ2) is 12.9. The predicted molar refractivity (Wildman–Crippen MR) is 180 cm³/mol. The Labute approximate surface area is 242 Å². The van der Waals surface area contributed by atoms with E-state index < -0.39 is 50.2 Å². The molecular formula is C26H56Cl2O2Si5Zr. The van der Waals surface area contributed by atoms with Crippen LogP contribution >= 0.6 is 24.8 Å². The Morgan fingerprint density at radius 2 is 0.972 bits per heavy atom. The van der Waals surface area contributed by atoms with E-state index in [1.165, 1.54) is 24.9 Å². The van der Waals surface area contributed by atoms with Crippen molar-refractivity contribution in [1.29, 1.82) is 0 Å². The first-order valence-corrected chi connectivity index (χ1v) is 39.8. The monoisotopic (exact) mass is 700 g/mol. The molecule has 0 bridgehead atoms. The summed E-state index contributed by atoms with van der Waals surface area (Å²) in [6, 6.07) is 2.49. The molecule has 0 atom stereocenters. The topological polar surface area (TPSA) is 18.5 Å². The Kier molecular flexibility index (Phi) is 13.5. The van der Waals surface area contributed by atoms with E-state index in [2.05, 4.69) is 106 Å². The summed E-state index contributed by atoms with van der Waals surface area (Å²) in [5.41, 5.74) is 0. The number of rotatable bonds is 12. The van der Waals surface area contributed by atoms with Crippen LogP contribution in [0.15, 0.2) is 41.3 Å².